The molecule has 4 rings (SSSR count). The van der Waals surface area contributed by atoms with E-state index >= 15 is 0 Å². The highest BCUT2D eigenvalue weighted by molar-refractivity contribution is 5.79. The molecule has 8 nitrogen and oxygen atoms in total. The van der Waals surface area contributed by atoms with Crippen molar-refractivity contribution in [2.45, 2.75) is 38.5 Å². The number of halogens is 3. The number of fused-ring (bicyclic) bond motifs is 1. The normalized spacial score (nSPS) is 19.2. The first-order valence-electron chi connectivity index (χ1n) is 11.2. The summed E-state index contributed by atoms with van der Waals surface area (Å²) in [5.74, 6) is 0. The van der Waals surface area contributed by atoms with Crippen LogP contribution in [0, 0.1) is 6.92 Å². The van der Waals surface area contributed by atoms with Crippen LogP contribution in [-0.4, -0.2) is 83.1 Å². The number of likely N-dealkylation sites (tertiary alicyclic amines) is 1. The highest BCUT2D eigenvalue weighted by Crippen LogP contribution is 2.31. The Hall–Kier alpha value is -2.66. The molecular weight excluding hydrogens is 437 g/mol. The van der Waals surface area contributed by atoms with E-state index in [4.69, 9.17) is 0 Å². The van der Waals surface area contributed by atoms with Crippen LogP contribution in [0.4, 0.5) is 18.0 Å². The van der Waals surface area contributed by atoms with Crippen LogP contribution in [0.1, 0.15) is 29.5 Å². The Morgan fingerprint density at radius 2 is 1.85 bits per heavy atom. The fraction of sp³-hybridized carbons (Fsp3) is 0.591. The monoisotopic (exact) mass is 466 g/mol. The second-order valence-corrected chi connectivity index (χ2v) is 8.78. The highest BCUT2D eigenvalue weighted by atomic mass is 19.4. The Balaban J connectivity index is 1.36. The van der Waals surface area contributed by atoms with Gasteiger partial charge in [-0.25, -0.2) is 4.79 Å². The number of hydrogen-bond acceptors (Lipinski definition) is 5. The van der Waals surface area contributed by atoms with Crippen LogP contribution in [0.2, 0.25) is 0 Å². The van der Waals surface area contributed by atoms with E-state index in [0.717, 1.165) is 57.7 Å². The number of hydrogen-bond donors (Lipinski definition) is 2. The second kappa shape index (κ2) is 9.30. The molecule has 0 radical (unpaired) electrons. The van der Waals surface area contributed by atoms with Crippen molar-refractivity contribution in [3.8, 4) is 0 Å². The molecule has 4 heterocycles. The molecule has 2 aromatic heterocycles. The molecule has 0 aliphatic carbocycles. The van der Waals surface area contributed by atoms with Crippen molar-refractivity contribution in [3.05, 3.63) is 39.3 Å². The van der Waals surface area contributed by atoms with Gasteiger partial charge in [0.15, 0.2) is 0 Å². The van der Waals surface area contributed by atoms with Gasteiger partial charge in [-0.3, -0.25) is 19.6 Å². The molecule has 2 aliphatic heterocycles. The Morgan fingerprint density at radius 1 is 1.18 bits per heavy atom. The van der Waals surface area contributed by atoms with Crippen molar-refractivity contribution in [3.63, 3.8) is 0 Å². The molecule has 2 N–H and O–H groups in total. The maximum Gasteiger partial charge on any atom is 0.422 e. The zero-order valence-electron chi connectivity index (χ0n) is 18.8. The van der Waals surface area contributed by atoms with Gasteiger partial charge >= 0.3 is 12.2 Å². The van der Waals surface area contributed by atoms with Crippen LogP contribution in [0.15, 0.2) is 17.1 Å². The molecule has 33 heavy (non-hydrogen) atoms. The molecule has 0 unspecified atom stereocenters. The highest BCUT2D eigenvalue weighted by Gasteiger charge is 2.37. The Bertz CT molecular complexity index is 1070. The summed E-state index contributed by atoms with van der Waals surface area (Å²) in [6, 6.07) is 2.18. The first kappa shape index (κ1) is 23.5. The van der Waals surface area contributed by atoms with Gasteiger partial charge in [-0.05, 0) is 37.0 Å². The van der Waals surface area contributed by atoms with E-state index in [0.29, 0.717) is 18.1 Å². The first-order chi connectivity index (χ1) is 15.7. The molecule has 2 aliphatic rings. The number of aromatic amines is 1. The van der Waals surface area contributed by atoms with Gasteiger partial charge < -0.3 is 15.2 Å². The fourth-order valence-electron chi connectivity index (χ4n) is 4.94. The third-order valence-electron chi connectivity index (χ3n) is 6.73. The topological polar surface area (TPSA) is 84.6 Å². The number of nitrogens with zero attached hydrogens (tertiary/aromatic N) is 4. The predicted octanol–water partition coefficient (Wildman–Crippen LogP) is 2.17. The van der Waals surface area contributed by atoms with Crippen molar-refractivity contribution >= 4 is 17.1 Å². The molecular formula is C22H29F3N6O2. The number of alkyl halides is 3. The van der Waals surface area contributed by atoms with E-state index in [2.05, 4.69) is 25.1 Å². The molecule has 0 aromatic carbocycles. The molecule has 0 spiro atoms. The largest absolute Gasteiger partial charge is 0.422 e. The maximum atomic E-state index is 13.2. The SMILES string of the molecule is CNC(=O)N1CCC(N2CCN(Cc3cnc4c(C)c(C(F)(F)F)c(=O)[nH]c4c3)CC2)CC1. The van der Waals surface area contributed by atoms with Crippen LogP contribution in [0.25, 0.3) is 11.0 Å². The average molecular weight is 467 g/mol. The average Bonchev–Trinajstić information content (AvgIpc) is 2.78. The number of piperazine rings is 1. The predicted molar refractivity (Wildman–Crippen MR) is 118 cm³/mol. The first-order valence-corrected chi connectivity index (χ1v) is 11.2. The lowest BCUT2D eigenvalue weighted by Gasteiger charge is -2.42. The minimum absolute atomic E-state index is 0.0200. The third kappa shape index (κ3) is 4.98. The van der Waals surface area contributed by atoms with Gasteiger partial charge in [0.2, 0.25) is 0 Å². The van der Waals surface area contributed by atoms with Crippen molar-refractivity contribution in [1.29, 1.82) is 0 Å². The van der Waals surface area contributed by atoms with Gasteiger partial charge in [0.25, 0.3) is 5.56 Å². The quantitative estimate of drug-likeness (QED) is 0.725. The molecule has 180 valence electrons. The zero-order chi connectivity index (χ0) is 23.8. The molecule has 2 saturated heterocycles. The summed E-state index contributed by atoms with van der Waals surface area (Å²) in [4.78, 5) is 37.0. The Morgan fingerprint density at radius 3 is 2.45 bits per heavy atom. The minimum atomic E-state index is -4.72. The lowest BCUT2D eigenvalue weighted by Crippen LogP contribution is -2.54. The van der Waals surface area contributed by atoms with Gasteiger partial charge in [0.1, 0.15) is 5.56 Å². The van der Waals surface area contributed by atoms with Crippen molar-refractivity contribution in [1.82, 2.24) is 30.0 Å². The van der Waals surface area contributed by atoms with E-state index in [1.807, 2.05) is 4.90 Å². The molecule has 11 heteroatoms. The molecule has 2 aromatic rings. The summed E-state index contributed by atoms with van der Waals surface area (Å²) in [7, 11) is 1.65. The number of aromatic nitrogens is 2. The van der Waals surface area contributed by atoms with E-state index in [-0.39, 0.29) is 17.1 Å². The number of carbonyl (C=O) groups excluding carboxylic acids is 1. The number of nitrogens with one attached hydrogen (secondary N) is 2. The number of H-pyrrole nitrogens is 1. The molecule has 0 saturated carbocycles. The van der Waals surface area contributed by atoms with Crippen LogP contribution in [0.5, 0.6) is 0 Å². The number of carbonyl (C=O) groups is 1. The van der Waals surface area contributed by atoms with Gasteiger partial charge in [0.05, 0.1) is 11.0 Å². The van der Waals surface area contributed by atoms with Crippen LogP contribution in [-0.2, 0) is 12.7 Å². The van der Waals surface area contributed by atoms with Crippen LogP contribution in [0.3, 0.4) is 0 Å². The van der Waals surface area contributed by atoms with Crippen molar-refractivity contribution < 1.29 is 18.0 Å². The summed E-state index contributed by atoms with van der Waals surface area (Å²) in [5.41, 5.74) is -1.13. The van der Waals surface area contributed by atoms with Gasteiger partial charge in [-0.2, -0.15) is 13.2 Å². The lowest BCUT2D eigenvalue weighted by atomic mass is 10.0. The molecule has 2 fully saturated rings. The summed E-state index contributed by atoms with van der Waals surface area (Å²) in [6.07, 6.45) is -1.19. The Labute approximate surface area is 189 Å². The summed E-state index contributed by atoms with van der Waals surface area (Å²) in [5, 5.41) is 2.68. The lowest BCUT2D eigenvalue weighted by molar-refractivity contribution is -0.139. The van der Waals surface area contributed by atoms with Crippen molar-refractivity contribution in [2.24, 2.45) is 0 Å². The Kier molecular flexibility index (Phi) is 6.62. The maximum absolute atomic E-state index is 13.2. The third-order valence-corrected chi connectivity index (χ3v) is 6.73. The number of urea groups is 1. The van der Waals surface area contributed by atoms with E-state index in [1.54, 1.807) is 19.3 Å². The van der Waals surface area contributed by atoms with Gasteiger partial charge in [-0.1, -0.05) is 0 Å². The van der Waals surface area contributed by atoms with E-state index in [9.17, 15) is 22.8 Å². The number of rotatable bonds is 3. The zero-order valence-corrected chi connectivity index (χ0v) is 18.8. The number of aryl methyl sites for hydroxylation is 1. The second-order valence-electron chi connectivity index (χ2n) is 8.78. The smallest absolute Gasteiger partial charge is 0.341 e. The molecule has 2 amide bonds. The number of piperidine rings is 1. The van der Waals surface area contributed by atoms with E-state index in [1.165, 1.54) is 6.92 Å². The van der Waals surface area contributed by atoms with E-state index < -0.39 is 17.3 Å². The van der Waals surface area contributed by atoms with Crippen LogP contribution < -0.4 is 10.9 Å². The molecule has 0 atom stereocenters. The fourth-order valence-corrected chi connectivity index (χ4v) is 4.94. The summed E-state index contributed by atoms with van der Waals surface area (Å²) in [6.45, 7) is 7.03. The number of pyridine rings is 2. The van der Waals surface area contributed by atoms with Crippen molar-refractivity contribution in [2.75, 3.05) is 46.3 Å². The van der Waals surface area contributed by atoms with Gasteiger partial charge in [0, 0.05) is 65.1 Å². The standard InChI is InChI=1S/C22H29F3N6O2/c1-14-18(22(23,24)25)20(32)28-17-11-15(12-27-19(14)17)13-29-7-9-30(10-8-29)16-3-5-31(6-4-16)21(33)26-2/h11-12,16H,3-10,13H2,1-2H3,(H,26,33)(H,28,32). The van der Waals surface area contributed by atoms with Crippen LogP contribution >= 0.6 is 0 Å². The molecule has 0 bridgehead atoms. The summed E-state index contributed by atoms with van der Waals surface area (Å²) < 4.78 is 39.6. The summed E-state index contributed by atoms with van der Waals surface area (Å²) >= 11 is 0. The number of amides is 2. The minimum Gasteiger partial charge on any atom is -0.341 e. The van der Waals surface area contributed by atoms with Gasteiger partial charge in [-0.15, -0.1) is 0 Å².